The number of hydrogen-bond acceptors (Lipinski definition) is 7. The fraction of sp³-hybridized carbons (Fsp3) is 0.556. The molecule has 1 aromatic heterocycles. The van der Waals surface area contributed by atoms with E-state index in [1.54, 1.807) is 18.3 Å². The lowest BCUT2D eigenvalue weighted by atomic mass is 9.96. The highest BCUT2D eigenvalue weighted by Crippen LogP contribution is 2.29. The molecule has 1 aromatic carbocycles. The second-order valence-corrected chi connectivity index (χ2v) is 10.0. The van der Waals surface area contributed by atoms with Crippen LogP contribution in [0.4, 0.5) is 10.2 Å². The monoisotopic (exact) mass is 477 g/mol. The van der Waals surface area contributed by atoms with Crippen molar-refractivity contribution in [1.29, 1.82) is 0 Å². The Morgan fingerprint density at radius 2 is 1.86 bits per heavy atom. The summed E-state index contributed by atoms with van der Waals surface area (Å²) in [5, 5.41) is 0. The van der Waals surface area contributed by atoms with Gasteiger partial charge in [0.15, 0.2) is 5.84 Å². The second-order valence-electron chi connectivity index (χ2n) is 10.0. The normalized spacial score (nSPS) is 24.2. The van der Waals surface area contributed by atoms with E-state index in [1.807, 2.05) is 25.3 Å². The Labute approximate surface area is 207 Å². The van der Waals surface area contributed by atoms with E-state index in [1.165, 1.54) is 18.4 Å². The quantitative estimate of drug-likeness (QED) is 0.635. The molecular weight excluding hydrogens is 441 g/mol. The Morgan fingerprint density at radius 1 is 1.09 bits per heavy atom. The third-order valence-corrected chi connectivity index (χ3v) is 7.66. The molecule has 2 saturated heterocycles. The number of aliphatic imine (C=N–C) groups is 2. The van der Waals surface area contributed by atoms with Crippen molar-refractivity contribution in [3.8, 4) is 0 Å². The number of anilines is 1. The first-order valence-corrected chi connectivity index (χ1v) is 12.9. The molecule has 0 aliphatic carbocycles. The minimum atomic E-state index is -0.166. The van der Waals surface area contributed by atoms with Crippen LogP contribution in [0.1, 0.15) is 50.1 Å². The van der Waals surface area contributed by atoms with Gasteiger partial charge >= 0.3 is 0 Å². The molecule has 2 fully saturated rings. The van der Waals surface area contributed by atoms with E-state index < -0.39 is 0 Å². The third kappa shape index (κ3) is 5.28. The molecule has 3 aliphatic rings. The molecule has 8 heteroatoms. The van der Waals surface area contributed by atoms with Crippen LogP contribution < -0.4 is 4.90 Å². The number of hydrogen-bond donors (Lipinski definition) is 0. The highest BCUT2D eigenvalue weighted by Gasteiger charge is 2.37. The van der Waals surface area contributed by atoms with Gasteiger partial charge in [0.05, 0.1) is 18.4 Å². The van der Waals surface area contributed by atoms with Crippen molar-refractivity contribution in [1.82, 2.24) is 19.8 Å². The Kier molecular flexibility index (Phi) is 7.20. The van der Waals surface area contributed by atoms with Gasteiger partial charge in [-0.15, -0.1) is 0 Å². The topological polar surface area (TPSA) is 60.2 Å². The number of nitrogens with zero attached hydrogens (tertiary/aromatic N) is 7. The average molecular weight is 478 g/mol. The minimum absolute atomic E-state index is 0.166. The van der Waals surface area contributed by atoms with Crippen LogP contribution in [0, 0.1) is 12.7 Å². The smallest absolute Gasteiger partial charge is 0.175 e. The number of rotatable bonds is 6. The van der Waals surface area contributed by atoms with Crippen molar-refractivity contribution in [3.05, 3.63) is 53.2 Å². The van der Waals surface area contributed by atoms with Gasteiger partial charge in [0, 0.05) is 44.0 Å². The van der Waals surface area contributed by atoms with E-state index >= 15 is 0 Å². The van der Waals surface area contributed by atoms with Crippen molar-refractivity contribution < 1.29 is 4.39 Å². The van der Waals surface area contributed by atoms with Crippen LogP contribution in [0.2, 0.25) is 0 Å². The molecule has 0 N–H and O–H groups in total. The van der Waals surface area contributed by atoms with Crippen LogP contribution in [-0.4, -0.2) is 82.7 Å². The Hall–Kier alpha value is -2.71. The van der Waals surface area contributed by atoms with E-state index in [-0.39, 0.29) is 5.82 Å². The highest BCUT2D eigenvalue weighted by molar-refractivity contribution is 6.04. The highest BCUT2D eigenvalue weighted by atomic mass is 19.1. The summed E-state index contributed by atoms with van der Waals surface area (Å²) >= 11 is 0. The standard InChI is InChI=1S/C27H36FN7/c1-4-23-18-34(27-20(3)32-25(15-31-27)26-29-11-12-30-26)19(2)16-35(23)24-9-13-33(14-10-24)17-21-5-7-22(28)8-6-21/h5-8,11,15,19,23-24H,4,9-10,12-14,16-18H2,1-3H3/t19-,23+/m1/s1. The van der Waals surface area contributed by atoms with Gasteiger partial charge < -0.3 is 4.90 Å². The number of halogens is 1. The first-order chi connectivity index (χ1) is 17.0. The van der Waals surface area contributed by atoms with E-state index in [0.29, 0.717) is 30.5 Å². The van der Waals surface area contributed by atoms with Crippen LogP contribution in [-0.2, 0) is 6.54 Å². The fourth-order valence-electron chi connectivity index (χ4n) is 5.74. The molecule has 3 aliphatic heterocycles. The van der Waals surface area contributed by atoms with Gasteiger partial charge in [-0.1, -0.05) is 19.1 Å². The predicted octanol–water partition coefficient (Wildman–Crippen LogP) is 3.71. The molecule has 7 nitrogen and oxygen atoms in total. The molecule has 0 amide bonds. The van der Waals surface area contributed by atoms with Crippen molar-refractivity contribution in [2.75, 3.05) is 37.6 Å². The number of amidine groups is 1. The lowest BCUT2D eigenvalue weighted by Gasteiger charge is -2.50. The number of aromatic nitrogens is 2. The van der Waals surface area contributed by atoms with Crippen molar-refractivity contribution in [2.45, 2.75) is 64.7 Å². The molecule has 0 spiro atoms. The maximum absolute atomic E-state index is 13.2. The first kappa shape index (κ1) is 24.0. The van der Waals surface area contributed by atoms with Gasteiger partial charge in [0.2, 0.25) is 0 Å². The molecular formula is C27H36FN7. The summed E-state index contributed by atoms with van der Waals surface area (Å²) < 4.78 is 13.2. The van der Waals surface area contributed by atoms with Gasteiger partial charge in [0.25, 0.3) is 0 Å². The summed E-state index contributed by atoms with van der Waals surface area (Å²) in [6.07, 6.45) is 7.11. The van der Waals surface area contributed by atoms with Gasteiger partial charge in [-0.25, -0.2) is 19.4 Å². The number of likely N-dealkylation sites (tertiary alicyclic amines) is 1. The third-order valence-electron chi connectivity index (χ3n) is 7.66. The van der Waals surface area contributed by atoms with E-state index in [2.05, 4.69) is 38.5 Å². The van der Waals surface area contributed by atoms with E-state index in [0.717, 1.165) is 56.4 Å². The second kappa shape index (κ2) is 10.5. The SMILES string of the molecule is CC[C@H]1CN(c2ncc(C3=NCC=N3)nc2C)[C@H](C)CN1C1CCN(Cc2ccc(F)cc2)CC1. The molecule has 2 atom stereocenters. The summed E-state index contributed by atoms with van der Waals surface area (Å²) in [6, 6.07) is 8.42. The summed E-state index contributed by atoms with van der Waals surface area (Å²) in [5.41, 5.74) is 2.88. The molecule has 35 heavy (non-hydrogen) atoms. The molecule has 2 aromatic rings. The number of piperidine rings is 1. The van der Waals surface area contributed by atoms with Crippen molar-refractivity contribution >= 4 is 17.9 Å². The lowest BCUT2D eigenvalue weighted by Crippen LogP contribution is -2.61. The van der Waals surface area contributed by atoms with E-state index in [4.69, 9.17) is 9.97 Å². The summed E-state index contributed by atoms with van der Waals surface area (Å²) in [4.78, 5) is 26.0. The van der Waals surface area contributed by atoms with Gasteiger partial charge in [0.1, 0.15) is 17.3 Å². The minimum Gasteiger partial charge on any atom is -0.350 e. The summed E-state index contributed by atoms with van der Waals surface area (Å²) in [7, 11) is 0. The number of aryl methyl sites for hydroxylation is 1. The lowest BCUT2D eigenvalue weighted by molar-refractivity contribution is 0.0505. The zero-order valence-corrected chi connectivity index (χ0v) is 21.1. The Morgan fingerprint density at radius 3 is 2.51 bits per heavy atom. The van der Waals surface area contributed by atoms with Crippen LogP contribution >= 0.6 is 0 Å². The molecule has 0 bridgehead atoms. The van der Waals surface area contributed by atoms with Crippen molar-refractivity contribution in [3.63, 3.8) is 0 Å². The number of benzene rings is 1. The molecule has 0 saturated carbocycles. The van der Waals surface area contributed by atoms with Crippen molar-refractivity contribution in [2.24, 2.45) is 9.98 Å². The Bertz CT molecular complexity index is 1080. The summed E-state index contributed by atoms with van der Waals surface area (Å²) in [6.45, 7) is 12.4. The molecule has 5 rings (SSSR count). The molecule has 0 radical (unpaired) electrons. The van der Waals surface area contributed by atoms with E-state index in [9.17, 15) is 4.39 Å². The number of piperazine rings is 1. The Balaban J connectivity index is 1.21. The molecule has 4 heterocycles. The van der Waals surface area contributed by atoms with Crippen LogP contribution in [0.5, 0.6) is 0 Å². The van der Waals surface area contributed by atoms with Gasteiger partial charge in [-0.2, -0.15) is 0 Å². The van der Waals surface area contributed by atoms with Crippen LogP contribution in [0.15, 0.2) is 40.4 Å². The molecule has 0 unspecified atom stereocenters. The largest absolute Gasteiger partial charge is 0.350 e. The zero-order valence-electron chi connectivity index (χ0n) is 21.1. The van der Waals surface area contributed by atoms with Gasteiger partial charge in [-0.05, 0) is 63.9 Å². The van der Waals surface area contributed by atoms with Crippen LogP contribution in [0.25, 0.3) is 0 Å². The maximum Gasteiger partial charge on any atom is 0.175 e. The zero-order chi connectivity index (χ0) is 24.4. The van der Waals surface area contributed by atoms with Gasteiger partial charge in [-0.3, -0.25) is 14.8 Å². The van der Waals surface area contributed by atoms with Crippen LogP contribution in [0.3, 0.4) is 0 Å². The summed E-state index contributed by atoms with van der Waals surface area (Å²) in [5.74, 6) is 1.50. The first-order valence-electron chi connectivity index (χ1n) is 12.9. The average Bonchev–Trinajstić information content (AvgIpc) is 3.41. The maximum atomic E-state index is 13.2. The fourth-order valence-corrected chi connectivity index (χ4v) is 5.74. The molecule has 186 valence electrons. The predicted molar refractivity (Wildman–Crippen MR) is 139 cm³/mol.